The largest absolute Gasteiger partial charge is 0.497 e. The van der Waals surface area contributed by atoms with Crippen molar-refractivity contribution in [3.05, 3.63) is 65.9 Å². The Bertz CT molecular complexity index is 1200. The van der Waals surface area contributed by atoms with Crippen LogP contribution < -0.4 is 9.47 Å². The van der Waals surface area contributed by atoms with Crippen molar-refractivity contribution in [3.63, 3.8) is 0 Å². The van der Waals surface area contributed by atoms with Gasteiger partial charge in [-0.25, -0.2) is 8.42 Å². The molecule has 9 heteroatoms. The van der Waals surface area contributed by atoms with Gasteiger partial charge in [-0.15, -0.1) is 0 Å². The normalized spacial score (nSPS) is 17.0. The molecule has 1 aromatic heterocycles. The minimum Gasteiger partial charge on any atom is -0.497 e. The van der Waals surface area contributed by atoms with Crippen molar-refractivity contribution < 1.29 is 27.2 Å². The molecule has 0 bridgehead atoms. The Labute approximate surface area is 193 Å². The summed E-state index contributed by atoms with van der Waals surface area (Å²) in [6.07, 6.45) is 0.397. The maximum atomic E-state index is 13.4. The molecule has 0 spiro atoms. The van der Waals surface area contributed by atoms with E-state index < -0.39 is 15.9 Å². The monoisotopic (exact) mass is 470 g/mol. The minimum atomic E-state index is -3.18. The highest BCUT2D eigenvalue weighted by Crippen LogP contribution is 2.26. The smallest absolute Gasteiger partial charge is 0.276 e. The number of rotatable bonds is 8. The number of benzene rings is 2. The first-order valence-corrected chi connectivity index (χ1v) is 12.5. The van der Waals surface area contributed by atoms with Gasteiger partial charge in [0.2, 0.25) is 0 Å². The first-order chi connectivity index (χ1) is 15.9. The van der Waals surface area contributed by atoms with Gasteiger partial charge in [-0.1, -0.05) is 17.3 Å². The molecule has 1 aliphatic rings. The molecule has 1 aliphatic heterocycles. The van der Waals surface area contributed by atoms with E-state index in [1.807, 2.05) is 55.5 Å². The van der Waals surface area contributed by atoms with Gasteiger partial charge in [-0.3, -0.25) is 4.79 Å². The Morgan fingerprint density at radius 1 is 1.12 bits per heavy atom. The first-order valence-electron chi connectivity index (χ1n) is 10.7. The van der Waals surface area contributed by atoms with Crippen molar-refractivity contribution in [2.75, 3.05) is 25.2 Å². The van der Waals surface area contributed by atoms with E-state index in [1.54, 1.807) is 18.1 Å². The van der Waals surface area contributed by atoms with E-state index in [0.717, 1.165) is 16.9 Å². The second kappa shape index (κ2) is 9.66. The number of carbonyl (C=O) groups is 1. The predicted octanol–water partition coefficient (Wildman–Crippen LogP) is 3.58. The second-order valence-corrected chi connectivity index (χ2v) is 10.1. The van der Waals surface area contributed by atoms with Crippen LogP contribution in [0.25, 0.3) is 11.3 Å². The fraction of sp³-hybridized carbons (Fsp3) is 0.333. The molecule has 1 saturated heterocycles. The van der Waals surface area contributed by atoms with E-state index in [9.17, 15) is 13.2 Å². The zero-order valence-corrected chi connectivity index (χ0v) is 19.4. The van der Waals surface area contributed by atoms with Gasteiger partial charge < -0.3 is 18.9 Å². The number of hydrogen-bond donors (Lipinski definition) is 0. The maximum absolute atomic E-state index is 13.4. The number of amides is 1. The Kier molecular flexibility index (Phi) is 6.69. The van der Waals surface area contributed by atoms with Crippen LogP contribution in [0.4, 0.5) is 0 Å². The van der Waals surface area contributed by atoms with Gasteiger partial charge in [0.1, 0.15) is 11.5 Å². The van der Waals surface area contributed by atoms with Crippen LogP contribution in [0.3, 0.4) is 0 Å². The van der Waals surface area contributed by atoms with E-state index in [0.29, 0.717) is 24.5 Å². The SMILES string of the molecule is CCOc1ccc(-c2cc(C(=O)N(Cc3ccc(OC)cc3)C3CCS(=O)(=O)C3)no2)cc1. The van der Waals surface area contributed by atoms with Gasteiger partial charge in [-0.05, 0) is 55.3 Å². The number of methoxy groups -OCH3 is 1. The van der Waals surface area contributed by atoms with Crippen LogP contribution in [0, 0.1) is 0 Å². The topological polar surface area (TPSA) is 98.9 Å². The lowest BCUT2D eigenvalue weighted by atomic mass is 10.1. The van der Waals surface area contributed by atoms with Crippen molar-refractivity contribution in [3.8, 4) is 22.8 Å². The Morgan fingerprint density at radius 3 is 2.42 bits per heavy atom. The van der Waals surface area contributed by atoms with E-state index in [1.165, 1.54) is 0 Å². The Balaban J connectivity index is 1.58. The lowest BCUT2D eigenvalue weighted by Gasteiger charge is -2.27. The van der Waals surface area contributed by atoms with Crippen LogP contribution in [-0.2, 0) is 16.4 Å². The van der Waals surface area contributed by atoms with Gasteiger partial charge in [0.25, 0.3) is 5.91 Å². The lowest BCUT2D eigenvalue weighted by Crippen LogP contribution is -2.40. The van der Waals surface area contributed by atoms with E-state index in [-0.39, 0.29) is 29.7 Å². The summed E-state index contributed by atoms with van der Waals surface area (Å²) in [6, 6.07) is 15.8. The lowest BCUT2D eigenvalue weighted by molar-refractivity contribution is 0.0670. The van der Waals surface area contributed by atoms with Crippen molar-refractivity contribution in [2.24, 2.45) is 0 Å². The summed E-state index contributed by atoms with van der Waals surface area (Å²) in [5, 5.41) is 3.98. The molecule has 1 amide bonds. The quantitative estimate of drug-likeness (QED) is 0.496. The van der Waals surface area contributed by atoms with Crippen LogP contribution >= 0.6 is 0 Å². The summed E-state index contributed by atoms with van der Waals surface area (Å²) in [5.74, 6) is 1.54. The van der Waals surface area contributed by atoms with E-state index in [2.05, 4.69) is 5.16 Å². The molecule has 4 rings (SSSR count). The highest BCUT2D eigenvalue weighted by molar-refractivity contribution is 7.91. The average molecular weight is 471 g/mol. The van der Waals surface area contributed by atoms with Gasteiger partial charge in [0.15, 0.2) is 21.3 Å². The summed E-state index contributed by atoms with van der Waals surface area (Å²) in [7, 11) is -1.59. The van der Waals surface area contributed by atoms with Crippen LogP contribution in [0.15, 0.2) is 59.1 Å². The number of sulfone groups is 1. The van der Waals surface area contributed by atoms with Crippen LogP contribution in [0.1, 0.15) is 29.4 Å². The van der Waals surface area contributed by atoms with Crippen LogP contribution in [0.5, 0.6) is 11.5 Å². The number of nitrogens with zero attached hydrogens (tertiary/aromatic N) is 2. The van der Waals surface area contributed by atoms with Crippen molar-refractivity contribution in [1.29, 1.82) is 0 Å². The highest BCUT2D eigenvalue weighted by Gasteiger charge is 2.36. The zero-order chi connectivity index (χ0) is 23.4. The van der Waals surface area contributed by atoms with Crippen molar-refractivity contribution >= 4 is 15.7 Å². The summed E-state index contributed by atoms with van der Waals surface area (Å²) in [4.78, 5) is 15.0. The third-order valence-electron chi connectivity index (χ3n) is 5.60. The number of carbonyl (C=O) groups excluding carboxylic acids is 1. The molecule has 1 fully saturated rings. The molecule has 2 aromatic carbocycles. The molecule has 8 nitrogen and oxygen atoms in total. The number of ether oxygens (including phenoxy) is 2. The summed E-state index contributed by atoms with van der Waals surface area (Å²) in [6.45, 7) is 2.74. The highest BCUT2D eigenvalue weighted by atomic mass is 32.2. The summed E-state index contributed by atoms with van der Waals surface area (Å²) >= 11 is 0. The van der Waals surface area contributed by atoms with E-state index >= 15 is 0 Å². The fourth-order valence-electron chi connectivity index (χ4n) is 3.86. The third kappa shape index (κ3) is 5.36. The number of hydrogen-bond acceptors (Lipinski definition) is 7. The Hall–Kier alpha value is -3.33. The predicted molar refractivity (Wildman–Crippen MR) is 123 cm³/mol. The van der Waals surface area contributed by atoms with Gasteiger partial charge >= 0.3 is 0 Å². The molecule has 3 aromatic rings. The van der Waals surface area contributed by atoms with Crippen LogP contribution in [0.2, 0.25) is 0 Å². The molecule has 2 heterocycles. The molecule has 0 radical (unpaired) electrons. The molecule has 33 heavy (non-hydrogen) atoms. The zero-order valence-electron chi connectivity index (χ0n) is 18.6. The Morgan fingerprint density at radius 2 is 1.82 bits per heavy atom. The second-order valence-electron chi connectivity index (χ2n) is 7.87. The van der Waals surface area contributed by atoms with E-state index in [4.69, 9.17) is 14.0 Å². The molecule has 0 saturated carbocycles. The maximum Gasteiger partial charge on any atom is 0.276 e. The first kappa shape index (κ1) is 22.8. The van der Waals surface area contributed by atoms with Gasteiger partial charge in [0.05, 0.1) is 25.2 Å². The molecule has 0 N–H and O–H groups in total. The molecule has 0 aliphatic carbocycles. The fourth-order valence-corrected chi connectivity index (χ4v) is 5.59. The van der Waals surface area contributed by atoms with Gasteiger partial charge in [0, 0.05) is 24.2 Å². The van der Waals surface area contributed by atoms with Crippen molar-refractivity contribution in [1.82, 2.24) is 10.1 Å². The molecule has 174 valence electrons. The molecular weight excluding hydrogens is 444 g/mol. The summed E-state index contributed by atoms with van der Waals surface area (Å²) < 4.78 is 40.3. The molecule has 1 atom stereocenters. The average Bonchev–Trinajstić information content (AvgIpc) is 3.45. The standard InChI is InChI=1S/C24H26N2O6S/c1-3-31-21-10-6-18(7-11-21)23-14-22(25-32-23)24(27)26(19-12-13-33(28,29)16-19)15-17-4-8-20(30-2)9-5-17/h4-11,14,19H,3,12-13,15-16H2,1-2H3. The number of aromatic nitrogens is 1. The van der Waals surface area contributed by atoms with Gasteiger partial charge in [-0.2, -0.15) is 0 Å². The van der Waals surface area contributed by atoms with Crippen LogP contribution in [-0.4, -0.2) is 55.6 Å². The van der Waals surface area contributed by atoms with Crippen molar-refractivity contribution in [2.45, 2.75) is 25.9 Å². The molecule has 1 unspecified atom stereocenters. The molecular formula is C24H26N2O6S. The minimum absolute atomic E-state index is 0.0570. The summed E-state index contributed by atoms with van der Waals surface area (Å²) in [5.41, 5.74) is 1.76. The third-order valence-corrected chi connectivity index (χ3v) is 7.35.